The average Bonchev–Trinajstić information content (AvgIpc) is 3.01. The summed E-state index contributed by atoms with van der Waals surface area (Å²) in [5.41, 5.74) is 1.33. The SMILES string of the molecule is CC1=C(C(=O)N2CCCCC2)[C@H](c2cccs2)NC(=O)N1. The smallest absolute Gasteiger partial charge is 0.319 e. The molecule has 2 aliphatic rings. The molecule has 5 nitrogen and oxygen atoms in total. The van der Waals surface area contributed by atoms with E-state index >= 15 is 0 Å². The summed E-state index contributed by atoms with van der Waals surface area (Å²) in [6, 6.07) is 3.30. The number of allylic oxidation sites excluding steroid dienone is 1. The molecule has 1 atom stereocenters. The monoisotopic (exact) mass is 305 g/mol. The van der Waals surface area contributed by atoms with E-state index in [0.717, 1.165) is 30.8 Å². The molecule has 0 unspecified atom stereocenters. The summed E-state index contributed by atoms with van der Waals surface area (Å²) in [6.45, 7) is 3.41. The maximum absolute atomic E-state index is 12.9. The van der Waals surface area contributed by atoms with Crippen LogP contribution in [0, 0.1) is 0 Å². The molecule has 112 valence electrons. The Bertz CT molecular complexity index is 574. The number of piperidine rings is 1. The second-order valence-corrected chi connectivity index (χ2v) is 6.42. The third kappa shape index (κ3) is 2.81. The summed E-state index contributed by atoms with van der Waals surface area (Å²) in [4.78, 5) is 27.5. The molecule has 3 heterocycles. The molecule has 3 amide bonds. The van der Waals surface area contributed by atoms with E-state index in [0.29, 0.717) is 11.3 Å². The molecule has 2 N–H and O–H groups in total. The zero-order valence-electron chi connectivity index (χ0n) is 12.0. The van der Waals surface area contributed by atoms with E-state index in [1.165, 1.54) is 6.42 Å². The summed E-state index contributed by atoms with van der Waals surface area (Å²) in [5.74, 6) is 0.0399. The largest absolute Gasteiger partial charge is 0.339 e. The van der Waals surface area contributed by atoms with Gasteiger partial charge in [-0.25, -0.2) is 4.79 Å². The topological polar surface area (TPSA) is 61.4 Å². The lowest BCUT2D eigenvalue weighted by molar-refractivity contribution is -0.128. The molecule has 1 saturated heterocycles. The zero-order valence-corrected chi connectivity index (χ0v) is 12.8. The number of hydrogen-bond acceptors (Lipinski definition) is 3. The van der Waals surface area contributed by atoms with Crippen molar-refractivity contribution in [3.8, 4) is 0 Å². The highest BCUT2D eigenvalue weighted by atomic mass is 32.1. The molecule has 0 aliphatic carbocycles. The molecule has 0 saturated carbocycles. The van der Waals surface area contributed by atoms with E-state index in [1.807, 2.05) is 22.4 Å². The second-order valence-electron chi connectivity index (χ2n) is 5.44. The fourth-order valence-corrected chi connectivity index (χ4v) is 3.70. The van der Waals surface area contributed by atoms with Crippen LogP contribution < -0.4 is 10.6 Å². The van der Waals surface area contributed by atoms with Gasteiger partial charge in [-0.05, 0) is 37.6 Å². The number of carbonyl (C=O) groups is 2. The Morgan fingerprint density at radius 1 is 1.33 bits per heavy atom. The van der Waals surface area contributed by atoms with Gasteiger partial charge >= 0.3 is 6.03 Å². The van der Waals surface area contributed by atoms with Crippen molar-refractivity contribution < 1.29 is 9.59 Å². The summed E-state index contributed by atoms with van der Waals surface area (Å²) < 4.78 is 0. The van der Waals surface area contributed by atoms with Gasteiger partial charge in [-0.1, -0.05) is 6.07 Å². The van der Waals surface area contributed by atoms with Crippen molar-refractivity contribution in [3.05, 3.63) is 33.7 Å². The Balaban J connectivity index is 1.93. The van der Waals surface area contributed by atoms with E-state index < -0.39 is 0 Å². The first kappa shape index (κ1) is 14.1. The highest BCUT2D eigenvalue weighted by Crippen LogP contribution is 2.31. The van der Waals surface area contributed by atoms with Crippen molar-refractivity contribution in [3.63, 3.8) is 0 Å². The molecule has 1 fully saturated rings. The van der Waals surface area contributed by atoms with Gasteiger partial charge in [-0.15, -0.1) is 11.3 Å². The van der Waals surface area contributed by atoms with Gasteiger partial charge in [0.25, 0.3) is 5.91 Å². The van der Waals surface area contributed by atoms with E-state index in [9.17, 15) is 9.59 Å². The number of hydrogen-bond donors (Lipinski definition) is 2. The molecule has 0 aromatic carbocycles. The van der Waals surface area contributed by atoms with Crippen LogP contribution in [-0.4, -0.2) is 29.9 Å². The number of urea groups is 1. The first-order valence-corrected chi connectivity index (χ1v) is 8.16. The molecular weight excluding hydrogens is 286 g/mol. The van der Waals surface area contributed by atoms with Crippen LogP contribution in [0.5, 0.6) is 0 Å². The standard InChI is InChI=1S/C15H19N3O2S/c1-10-12(14(19)18-7-3-2-4-8-18)13(17-15(20)16-10)11-6-5-9-21-11/h5-6,9,13H,2-4,7-8H2,1H3,(H2,16,17,20)/t13-/m0/s1. The van der Waals surface area contributed by atoms with Crippen LogP contribution in [0.4, 0.5) is 4.79 Å². The van der Waals surface area contributed by atoms with Gasteiger partial charge in [-0.3, -0.25) is 4.79 Å². The Morgan fingerprint density at radius 3 is 2.76 bits per heavy atom. The Labute approximate surface area is 128 Å². The maximum atomic E-state index is 12.9. The number of carbonyl (C=O) groups excluding carboxylic acids is 2. The number of rotatable bonds is 2. The molecule has 0 bridgehead atoms. The van der Waals surface area contributed by atoms with Crippen LogP contribution in [-0.2, 0) is 4.79 Å². The Kier molecular flexibility index (Phi) is 3.96. The minimum atomic E-state index is -0.340. The maximum Gasteiger partial charge on any atom is 0.319 e. The quantitative estimate of drug-likeness (QED) is 0.881. The van der Waals surface area contributed by atoms with Gasteiger partial charge in [0.2, 0.25) is 0 Å². The molecule has 6 heteroatoms. The van der Waals surface area contributed by atoms with Crippen molar-refractivity contribution in [1.29, 1.82) is 0 Å². The lowest BCUT2D eigenvalue weighted by Gasteiger charge is -2.33. The third-order valence-corrected chi connectivity index (χ3v) is 4.91. The molecule has 0 spiro atoms. The van der Waals surface area contributed by atoms with Gasteiger partial charge < -0.3 is 15.5 Å². The zero-order chi connectivity index (χ0) is 14.8. The van der Waals surface area contributed by atoms with Crippen LogP contribution in [0.25, 0.3) is 0 Å². The molecular formula is C15H19N3O2S. The van der Waals surface area contributed by atoms with Gasteiger partial charge in [0, 0.05) is 23.7 Å². The molecule has 3 rings (SSSR count). The Hall–Kier alpha value is -1.82. The van der Waals surface area contributed by atoms with E-state index in [2.05, 4.69) is 10.6 Å². The third-order valence-electron chi connectivity index (χ3n) is 3.97. The summed E-state index contributed by atoms with van der Waals surface area (Å²) in [7, 11) is 0. The summed E-state index contributed by atoms with van der Waals surface area (Å²) in [5, 5.41) is 7.56. The minimum Gasteiger partial charge on any atom is -0.339 e. The van der Waals surface area contributed by atoms with E-state index in [4.69, 9.17) is 0 Å². The first-order valence-electron chi connectivity index (χ1n) is 7.28. The minimum absolute atomic E-state index is 0.0399. The van der Waals surface area contributed by atoms with Crippen molar-refractivity contribution in [2.24, 2.45) is 0 Å². The van der Waals surface area contributed by atoms with Gasteiger partial charge in [0.1, 0.15) is 0 Å². The van der Waals surface area contributed by atoms with Crippen LogP contribution in [0.15, 0.2) is 28.8 Å². The van der Waals surface area contributed by atoms with Crippen molar-refractivity contribution in [1.82, 2.24) is 15.5 Å². The predicted octanol–water partition coefficient (Wildman–Crippen LogP) is 2.39. The number of nitrogens with zero attached hydrogens (tertiary/aromatic N) is 1. The molecule has 0 radical (unpaired) electrons. The fraction of sp³-hybridized carbons (Fsp3) is 0.467. The van der Waals surface area contributed by atoms with Crippen LogP contribution in [0.2, 0.25) is 0 Å². The van der Waals surface area contributed by atoms with E-state index in [-0.39, 0.29) is 18.0 Å². The van der Waals surface area contributed by atoms with Gasteiger partial charge in [0.05, 0.1) is 11.6 Å². The molecule has 21 heavy (non-hydrogen) atoms. The predicted molar refractivity (Wildman–Crippen MR) is 81.9 cm³/mol. The van der Waals surface area contributed by atoms with Crippen LogP contribution >= 0.6 is 11.3 Å². The van der Waals surface area contributed by atoms with Crippen LogP contribution in [0.3, 0.4) is 0 Å². The first-order chi connectivity index (χ1) is 10.2. The van der Waals surface area contributed by atoms with E-state index in [1.54, 1.807) is 18.3 Å². The summed E-state index contributed by atoms with van der Waals surface area (Å²) >= 11 is 1.55. The average molecular weight is 305 g/mol. The van der Waals surface area contributed by atoms with Crippen molar-refractivity contribution in [2.75, 3.05) is 13.1 Å². The highest BCUT2D eigenvalue weighted by molar-refractivity contribution is 7.10. The number of likely N-dealkylation sites (tertiary alicyclic amines) is 1. The number of amides is 3. The van der Waals surface area contributed by atoms with Gasteiger partial charge in [0.15, 0.2) is 0 Å². The lowest BCUT2D eigenvalue weighted by Crippen LogP contribution is -2.48. The van der Waals surface area contributed by atoms with Crippen molar-refractivity contribution >= 4 is 23.3 Å². The highest BCUT2D eigenvalue weighted by Gasteiger charge is 2.34. The van der Waals surface area contributed by atoms with Crippen LogP contribution in [0.1, 0.15) is 37.1 Å². The normalized spacial score (nSPS) is 22.8. The number of thiophene rings is 1. The van der Waals surface area contributed by atoms with Gasteiger partial charge in [-0.2, -0.15) is 0 Å². The molecule has 2 aliphatic heterocycles. The molecule has 1 aromatic rings. The Morgan fingerprint density at radius 2 is 2.10 bits per heavy atom. The second kappa shape index (κ2) is 5.89. The molecule has 1 aromatic heterocycles. The van der Waals surface area contributed by atoms with Crippen molar-refractivity contribution in [2.45, 2.75) is 32.2 Å². The summed E-state index contributed by atoms with van der Waals surface area (Å²) in [6.07, 6.45) is 3.30. The number of nitrogens with one attached hydrogen (secondary N) is 2. The lowest BCUT2D eigenvalue weighted by atomic mass is 9.99. The fourth-order valence-electron chi connectivity index (χ4n) is 2.91.